The van der Waals surface area contributed by atoms with Gasteiger partial charge in [0.15, 0.2) is 0 Å². The standard InChI is InChI=1S/C15H16ClNO3/c1-9-7-12(15(18)20-4)10(2)17(9)11-5-6-14(19-3)13(16)8-11/h5-8H,1-4H3. The highest BCUT2D eigenvalue weighted by Gasteiger charge is 2.17. The van der Waals surface area contributed by atoms with Crippen LogP contribution in [0.3, 0.4) is 0 Å². The van der Waals surface area contributed by atoms with Gasteiger partial charge < -0.3 is 14.0 Å². The molecule has 1 aromatic carbocycles. The number of hydrogen-bond donors (Lipinski definition) is 0. The van der Waals surface area contributed by atoms with Crippen LogP contribution in [-0.2, 0) is 4.74 Å². The van der Waals surface area contributed by atoms with Crippen molar-refractivity contribution in [3.63, 3.8) is 0 Å². The molecule has 5 heteroatoms. The molecule has 0 aliphatic carbocycles. The molecular formula is C15H16ClNO3. The topological polar surface area (TPSA) is 40.5 Å². The van der Waals surface area contributed by atoms with Gasteiger partial charge in [0, 0.05) is 17.1 Å². The van der Waals surface area contributed by atoms with Gasteiger partial charge in [-0.15, -0.1) is 0 Å². The second-order valence-electron chi connectivity index (χ2n) is 4.43. The second kappa shape index (κ2) is 5.59. The van der Waals surface area contributed by atoms with Gasteiger partial charge in [-0.05, 0) is 38.1 Å². The molecule has 0 amide bonds. The summed E-state index contributed by atoms with van der Waals surface area (Å²) in [4.78, 5) is 11.7. The Balaban J connectivity index is 2.56. The molecule has 2 aromatic rings. The second-order valence-corrected chi connectivity index (χ2v) is 4.84. The minimum absolute atomic E-state index is 0.344. The van der Waals surface area contributed by atoms with Gasteiger partial charge in [0.1, 0.15) is 5.75 Å². The van der Waals surface area contributed by atoms with E-state index in [9.17, 15) is 4.79 Å². The van der Waals surface area contributed by atoms with E-state index in [2.05, 4.69) is 0 Å². The minimum Gasteiger partial charge on any atom is -0.495 e. The van der Waals surface area contributed by atoms with E-state index in [4.69, 9.17) is 21.1 Å². The van der Waals surface area contributed by atoms with Crippen LogP contribution in [-0.4, -0.2) is 24.8 Å². The summed E-state index contributed by atoms with van der Waals surface area (Å²) < 4.78 is 11.9. The monoisotopic (exact) mass is 293 g/mol. The lowest BCUT2D eigenvalue weighted by molar-refractivity contribution is 0.0600. The van der Waals surface area contributed by atoms with Gasteiger partial charge in [-0.3, -0.25) is 0 Å². The molecular weight excluding hydrogens is 278 g/mol. The lowest BCUT2D eigenvalue weighted by Crippen LogP contribution is -2.04. The van der Waals surface area contributed by atoms with Gasteiger partial charge in [0.05, 0.1) is 24.8 Å². The van der Waals surface area contributed by atoms with Crippen molar-refractivity contribution in [1.29, 1.82) is 0 Å². The average molecular weight is 294 g/mol. The molecule has 0 N–H and O–H groups in total. The predicted molar refractivity (Wildman–Crippen MR) is 78.1 cm³/mol. The smallest absolute Gasteiger partial charge is 0.339 e. The van der Waals surface area contributed by atoms with Crippen molar-refractivity contribution in [2.75, 3.05) is 14.2 Å². The van der Waals surface area contributed by atoms with Crippen molar-refractivity contribution in [3.05, 3.63) is 46.2 Å². The number of methoxy groups -OCH3 is 2. The van der Waals surface area contributed by atoms with Crippen molar-refractivity contribution in [3.8, 4) is 11.4 Å². The highest BCUT2D eigenvalue weighted by molar-refractivity contribution is 6.32. The molecule has 0 aliphatic heterocycles. The lowest BCUT2D eigenvalue weighted by Gasteiger charge is -2.11. The first kappa shape index (κ1) is 14.5. The third-order valence-electron chi connectivity index (χ3n) is 3.23. The Kier molecular flexibility index (Phi) is 4.04. The number of rotatable bonds is 3. The Morgan fingerprint density at radius 1 is 1.20 bits per heavy atom. The zero-order valence-electron chi connectivity index (χ0n) is 11.9. The number of esters is 1. The zero-order chi connectivity index (χ0) is 14.9. The Hall–Kier alpha value is -1.94. The number of hydrogen-bond acceptors (Lipinski definition) is 3. The van der Waals surface area contributed by atoms with E-state index >= 15 is 0 Å². The van der Waals surface area contributed by atoms with Crippen LogP contribution >= 0.6 is 11.6 Å². The number of ether oxygens (including phenoxy) is 2. The Bertz CT molecular complexity index is 661. The number of nitrogens with zero attached hydrogens (tertiary/aromatic N) is 1. The van der Waals surface area contributed by atoms with Crippen LogP contribution in [0.5, 0.6) is 5.75 Å². The molecule has 0 saturated heterocycles. The summed E-state index contributed by atoms with van der Waals surface area (Å²) in [7, 11) is 2.95. The summed E-state index contributed by atoms with van der Waals surface area (Å²) in [5.41, 5.74) is 3.18. The van der Waals surface area contributed by atoms with Crippen LogP contribution in [0.25, 0.3) is 5.69 Å². The number of aromatic nitrogens is 1. The normalized spacial score (nSPS) is 10.4. The molecule has 0 aliphatic rings. The van der Waals surface area contributed by atoms with E-state index in [1.165, 1.54) is 7.11 Å². The van der Waals surface area contributed by atoms with Gasteiger partial charge >= 0.3 is 5.97 Å². The first-order chi connectivity index (χ1) is 9.49. The molecule has 0 fully saturated rings. The average Bonchev–Trinajstić information content (AvgIpc) is 2.73. The van der Waals surface area contributed by atoms with E-state index in [-0.39, 0.29) is 5.97 Å². The van der Waals surface area contributed by atoms with Crippen molar-refractivity contribution in [1.82, 2.24) is 4.57 Å². The Morgan fingerprint density at radius 2 is 1.90 bits per heavy atom. The predicted octanol–water partition coefficient (Wildman–Crippen LogP) is 3.54. The third-order valence-corrected chi connectivity index (χ3v) is 3.53. The summed E-state index contributed by atoms with van der Waals surface area (Å²) in [5.74, 6) is 0.273. The van der Waals surface area contributed by atoms with Crippen LogP contribution in [0.4, 0.5) is 0 Å². The van der Waals surface area contributed by atoms with Crippen molar-refractivity contribution in [2.24, 2.45) is 0 Å². The number of benzene rings is 1. The van der Waals surface area contributed by atoms with Gasteiger partial charge in [-0.1, -0.05) is 11.6 Å². The fourth-order valence-electron chi connectivity index (χ4n) is 2.27. The third kappa shape index (κ3) is 2.39. The lowest BCUT2D eigenvalue weighted by atomic mass is 10.2. The maximum Gasteiger partial charge on any atom is 0.339 e. The van der Waals surface area contributed by atoms with Gasteiger partial charge in [-0.2, -0.15) is 0 Å². The minimum atomic E-state index is -0.344. The van der Waals surface area contributed by atoms with Crippen molar-refractivity contribution >= 4 is 17.6 Å². The van der Waals surface area contributed by atoms with Crippen LogP contribution < -0.4 is 4.74 Å². The molecule has 2 rings (SSSR count). The number of carbonyl (C=O) groups is 1. The van der Waals surface area contributed by atoms with Gasteiger partial charge in [0.2, 0.25) is 0 Å². The van der Waals surface area contributed by atoms with Crippen LogP contribution in [0, 0.1) is 13.8 Å². The molecule has 0 unspecified atom stereocenters. The van der Waals surface area contributed by atoms with E-state index in [1.807, 2.05) is 24.5 Å². The van der Waals surface area contributed by atoms with Crippen LogP contribution in [0.2, 0.25) is 5.02 Å². The molecule has 20 heavy (non-hydrogen) atoms. The first-order valence-electron chi connectivity index (χ1n) is 6.10. The first-order valence-corrected chi connectivity index (χ1v) is 6.48. The molecule has 106 valence electrons. The summed E-state index contributed by atoms with van der Waals surface area (Å²) in [5, 5.41) is 0.525. The van der Waals surface area contributed by atoms with E-state index in [0.717, 1.165) is 17.1 Å². The van der Waals surface area contributed by atoms with Crippen LogP contribution in [0.1, 0.15) is 21.7 Å². The maximum absolute atomic E-state index is 11.7. The Morgan fingerprint density at radius 3 is 2.45 bits per heavy atom. The number of carbonyl (C=O) groups excluding carboxylic acids is 1. The summed E-state index contributed by atoms with van der Waals surface area (Å²) in [6.07, 6.45) is 0. The fourth-order valence-corrected chi connectivity index (χ4v) is 2.52. The van der Waals surface area contributed by atoms with E-state index < -0.39 is 0 Å². The molecule has 0 spiro atoms. The SMILES string of the molecule is COC(=O)c1cc(C)n(-c2ccc(OC)c(Cl)c2)c1C. The highest BCUT2D eigenvalue weighted by atomic mass is 35.5. The zero-order valence-corrected chi connectivity index (χ0v) is 12.6. The molecule has 0 radical (unpaired) electrons. The van der Waals surface area contributed by atoms with Crippen molar-refractivity contribution in [2.45, 2.75) is 13.8 Å². The van der Waals surface area contributed by atoms with Crippen molar-refractivity contribution < 1.29 is 14.3 Å². The number of halogens is 1. The van der Waals surface area contributed by atoms with Crippen LogP contribution in [0.15, 0.2) is 24.3 Å². The van der Waals surface area contributed by atoms with E-state index in [0.29, 0.717) is 16.3 Å². The molecule has 0 bridgehead atoms. The largest absolute Gasteiger partial charge is 0.495 e. The summed E-state index contributed by atoms with van der Waals surface area (Å²) in [6, 6.07) is 7.31. The quantitative estimate of drug-likeness (QED) is 0.813. The number of aryl methyl sites for hydroxylation is 1. The van der Waals surface area contributed by atoms with Gasteiger partial charge in [-0.25, -0.2) is 4.79 Å². The molecule has 1 heterocycles. The highest BCUT2D eigenvalue weighted by Crippen LogP contribution is 2.29. The van der Waals surface area contributed by atoms with Gasteiger partial charge in [0.25, 0.3) is 0 Å². The van der Waals surface area contributed by atoms with E-state index in [1.54, 1.807) is 25.3 Å². The molecule has 0 saturated carbocycles. The summed E-state index contributed by atoms with van der Waals surface area (Å²) in [6.45, 7) is 3.80. The molecule has 0 atom stereocenters. The molecule has 1 aromatic heterocycles. The molecule has 4 nitrogen and oxygen atoms in total. The Labute approximate surface area is 122 Å². The fraction of sp³-hybridized carbons (Fsp3) is 0.267. The maximum atomic E-state index is 11.7. The summed E-state index contributed by atoms with van der Waals surface area (Å²) >= 11 is 6.15.